The predicted molar refractivity (Wildman–Crippen MR) is 280 cm³/mol. The lowest BCUT2D eigenvalue weighted by Crippen LogP contribution is -2.63. The van der Waals surface area contributed by atoms with E-state index in [1.807, 2.05) is 0 Å². The van der Waals surface area contributed by atoms with E-state index in [1.165, 1.54) is 162 Å². The van der Waals surface area contributed by atoms with Crippen molar-refractivity contribution in [2.24, 2.45) is 0 Å². The average molecular weight is 840 g/mol. The molecule has 0 fully saturated rings. The van der Waals surface area contributed by atoms with Gasteiger partial charge in [0.2, 0.25) is 0 Å². The molecule has 2 heterocycles. The predicted octanol–water partition coefficient (Wildman–Crippen LogP) is 14.8. The minimum absolute atomic E-state index is 0.0203. The fraction of sp³-hybridized carbons (Fsp3) is 0.300. The van der Waals surface area contributed by atoms with Gasteiger partial charge in [-0.15, -0.1) is 0 Å². The summed E-state index contributed by atoms with van der Waals surface area (Å²) in [6.45, 7) is 41.4. The first-order valence-corrected chi connectivity index (χ1v) is 23.3. The van der Waals surface area contributed by atoms with Crippen LogP contribution in [-0.4, -0.2) is 6.71 Å². The second-order valence-corrected chi connectivity index (χ2v) is 20.0. The minimum atomic E-state index is 0.0203. The van der Waals surface area contributed by atoms with E-state index in [1.54, 1.807) is 0 Å². The molecule has 0 saturated carbocycles. The van der Waals surface area contributed by atoms with E-state index in [0.29, 0.717) is 0 Å². The highest BCUT2D eigenvalue weighted by Crippen LogP contribution is 2.52. The number of hydrogen-bond acceptors (Lipinski definition) is 3. The lowest BCUT2D eigenvalue weighted by atomic mass is 9.32. The van der Waals surface area contributed by atoms with Crippen molar-refractivity contribution >= 4 is 74.3 Å². The summed E-state index contributed by atoms with van der Waals surface area (Å²) >= 11 is 0. The van der Waals surface area contributed by atoms with E-state index in [-0.39, 0.29) is 6.71 Å². The number of hydrogen-bond donors (Lipinski definition) is 0. The first-order chi connectivity index (χ1) is 30.2. The molecule has 0 aromatic heterocycles. The maximum atomic E-state index is 2.69. The first-order valence-electron chi connectivity index (χ1n) is 23.3. The van der Waals surface area contributed by atoms with Gasteiger partial charge >= 0.3 is 0 Å². The molecule has 2 aliphatic rings. The first kappa shape index (κ1) is 43.3. The molecule has 4 heteroatoms. The Morgan fingerprint density at radius 3 is 1.00 bits per heavy atom. The zero-order chi connectivity index (χ0) is 46.1. The van der Waals surface area contributed by atoms with Gasteiger partial charge in [-0.25, -0.2) is 0 Å². The maximum Gasteiger partial charge on any atom is 0.252 e. The van der Waals surface area contributed by atoms with E-state index in [0.717, 1.165) is 5.69 Å². The summed E-state index contributed by atoms with van der Waals surface area (Å²) in [6.07, 6.45) is 0. The summed E-state index contributed by atoms with van der Waals surface area (Å²) in [5.41, 5.74) is 38.9. The van der Waals surface area contributed by atoms with Gasteiger partial charge in [0, 0.05) is 45.5 Å². The van der Waals surface area contributed by atoms with Crippen LogP contribution in [0, 0.1) is 125 Å². The van der Waals surface area contributed by atoms with Gasteiger partial charge < -0.3 is 14.7 Å². The highest BCUT2D eigenvalue weighted by atomic mass is 15.2. The molecule has 3 nitrogen and oxygen atoms in total. The van der Waals surface area contributed by atoms with Crippen molar-refractivity contribution in [1.82, 2.24) is 0 Å². The second-order valence-electron chi connectivity index (χ2n) is 20.0. The number of anilines is 9. The van der Waals surface area contributed by atoms with Crippen LogP contribution in [0.2, 0.25) is 0 Å². The van der Waals surface area contributed by atoms with Gasteiger partial charge in [-0.3, -0.25) is 0 Å². The van der Waals surface area contributed by atoms with Crippen LogP contribution in [0.5, 0.6) is 0 Å². The number of benzene rings is 7. The molecule has 0 aliphatic carbocycles. The SMILES string of the molecule is Cc1cc(C)c(C)c(N(c2cc3c4c(c2)N(c2cc(C)cc(C)c2C)c2c(C)c(C)cc(C)c2B4c2c(C)cc(C)c(C)c2N3c2cc(C)cc(C)c2C)c2cc(C)cc(C)c2C)c1. The molecular formula is C60H66BN3. The van der Waals surface area contributed by atoms with Crippen molar-refractivity contribution in [3.8, 4) is 0 Å². The molecular weight excluding hydrogens is 773 g/mol. The lowest BCUT2D eigenvalue weighted by molar-refractivity contribution is 1.14. The van der Waals surface area contributed by atoms with Crippen molar-refractivity contribution in [2.45, 2.75) is 125 Å². The molecule has 7 aromatic rings. The van der Waals surface area contributed by atoms with Crippen molar-refractivity contribution in [3.05, 3.63) is 173 Å². The number of rotatable bonds is 5. The van der Waals surface area contributed by atoms with E-state index in [4.69, 9.17) is 0 Å². The molecule has 0 amide bonds. The molecule has 0 unspecified atom stereocenters. The summed E-state index contributed by atoms with van der Waals surface area (Å²) in [5, 5.41) is 0. The summed E-state index contributed by atoms with van der Waals surface area (Å²) in [7, 11) is 0. The Labute approximate surface area is 384 Å². The molecule has 9 rings (SSSR count). The number of aryl methyl sites for hydroxylation is 12. The van der Waals surface area contributed by atoms with Crippen molar-refractivity contribution in [3.63, 3.8) is 0 Å². The van der Waals surface area contributed by atoms with Crippen molar-refractivity contribution in [1.29, 1.82) is 0 Å². The zero-order valence-corrected chi connectivity index (χ0v) is 41.8. The zero-order valence-electron chi connectivity index (χ0n) is 41.8. The van der Waals surface area contributed by atoms with Gasteiger partial charge in [-0.1, -0.05) is 47.5 Å². The van der Waals surface area contributed by atoms with Crippen molar-refractivity contribution in [2.75, 3.05) is 14.7 Å². The largest absolute Gasteiger partial charge is 0.311 e. The van der Waals surface area contributed by atoms with Gasteiger partial charge in [-0.2, -0.15) is 0 Å². The Hall–Kier alpha value is -6.00. The second kappa shape index (κ2) is 15.3. The van der Waals surface area contributed by atoms with Gasteiger partial charge in [0.25, 0.3) is 6.71 Å². The Balaban J connectivity index is 1.56. The third-order valence-corrected chi connectivity index (χ3v) is 15.4. The van der Waals surface area contributed by atoms with Gasteiger partial charge in [0.1, 0.15) is 0 Å². The summed E-state index contributed by atoms with van der Waals surface area (Å²) in [5.74, 6) is 0. The molecule has 64 heavy (non-hydrogen) atoms. The van der Waals surface area contributed by atoms with Crippen LogP contribution in [0.15, 0.2) is 72.8 Å². The van der Waals surface area contributed by atoms with E-state index >= 15 is 0 Å². The van der Waals surface area contributed by atoms with Gasteiger partial charge in [0.05, 0.1) is 5.69 Å². The molecule has 0 N–H and O–H groups in total. The van der Waals surface area contributed by atoms with Gasteiger partial charge in [0.15, 0.2) is 0 Å². The molecule has 324 valence electrons. The Kier molecular flexibility index (Phi) is 10.4. The van der Waals surface area contributed by atoms with E-state index < -0.39 is 0 Å². The third-order valence-electron chi connectivity index (χ3n) is 15.4. The summed E-state index contributed by atoms with van der Waals surface area (Å²) in [6, 6.07) is 29.0. The van der Waals surface area contributed by atoms with Crippen LogP contribution in [-0.2, 0) is 0 Å². The topological polar surface area (TPSA) is 9.72 Å². The summed E-state index contributed by atoms with van der Waals surface area (Å²) in [4.78, 5) is 7.98. The normalized spacial score (nSPS) is 12.8. The lowest BCUT2D eigenvalue weighted by Gasteiger charge is -2.48. The Bertz CT molecular complexity index is 2960. The standard InChI is InChI=1S/C60H66BN3/c1-31-19-35(5)43(13)50(23-31)62(51-24-32(2)20-36(6)44(51)14)49-29-54-58-55(30-49)64(53-26-34(4)22-38(8)46(53)16)60-48(18)40(10)28-42(12)57(60)61(58)56-41(11)27-39(9)47(17)59(56)63(54)52-25-33(3)21-37(7)45(52)15/h19-30H,1-18H3. The van der Waals surface area contributed by atoms with Crippen LogP contribution in [0.4, 0.5) is 51.2 Å². The van der Waals surface area contributed by atoms with E-state index in [2.05, 4.69) is 212 Å². The van der Waals surface area contributed by atoms with E-state index in [9.17, 15) is 0 Å². The third kappa shape index (κ3) is 6.46. The Morgan fingerprint density at radius 2 is 0.625 bits per heavy atom. The van der Waals surface area contributed by atoms with Crippen LogP contribution in [0.25, 0.3) is 0 Å². The maximum absolute atomic E-state index is 2.69. The fourth-order valence-electron chi connectivity index (χ4n) is 11.5. The quantitative estimate of drug-likeness (QED) is 0.160. The van der Waals surface area contributed by atoms with Crippen LogP contribution in [0.3, 0.4) is 0 Å². The molecule has 2 aliphatic heterocycles. The highest BCUT2D eigenvalue weighted by Gasteiger charge is 2.47. The number of fused-ring (bicyclic) bond motifs is 4. The molecule has 0 spiro atoms. The molecule has 0 atom stereocenters. The molecule has 7 aromatic carbocycles. The highest BCUT2D eigenvalue weighted by molar-refractivity contribution is 7.01. The summed E-state index contributed by atoms with van der Waals surface area (Å²) < 4.78 is 0. The molecule has 0 radical (unpaired) electrons. The number of nitrogens with zero attached hydrogens (tertiary/aromatic N) is 3. The minimum Gasteiger partial charge on any atom is -0.311 e. The molecule has 0 bridgehead atoms. The Morgan fingerprint density at radius 1 is 0.297 bits per heavy atom. The monoisotopic (exact) mass is 840 g/mol. The van der Waals surface area contributed by atoms with Crippen LogP contribution < -0.4 is 31.1 Å². The fourth-order valence-corrected chi connectivity index (χ4v) is 11.5. The van der Waals surface area contributed by atoms with Crippen LogP contribution >= 0.6 is 0 Å². The smallest absolute Gasteiger partial charge is 0.252 e. The van der Waals surface area contributed by atoms with Crippen molar-refractivity contribution < 1.29 is 0 Å². The van der Waals surface area contributed by atoms with Gasteiger partial charge in [-0.05, 0) is 266 Å². The van der Waals surface area contributed by atoms with Crippen LogP contribution in [0.1, 0.15) is 100 Å². The average Bonchev–Trinajstić information content (AvgIpc) is 3.22. The molecule has 0 saturated heterocycles.